The Morgan fingerprint density at radius 1 is 0.733 bits per heavy atom. The van der Waals surface area contributed by atoms with Crippen LogP contribution in [-0.4, -0.2) is 35.5 Å². The van der Waals surface area contributed by atoms with Crippen molar-refractivity contribution in [2.45, 2.75) is 31.5 Å². The Bertz CT molecular complexity index is 1740. The molecule has 1 atom stereocenters. The Morgan fingerprint density at radius 3 is 1.84 bits per heavy atom. The monoisotopic (exact) mass is 593 g/mol. The van der Waals surface area contributed by atoms with E-state index in [1.807, 2.05) is 12.1 Å². The van der Waals surface area contributed by atoms with Crippen molar-refractivity contribution in [2.24, 2.45) is 0 Å². The number of carbonyl (C=O) groups is 1. The molecule has 0 unspecified atom stereocenters. The predicted molar refractivity (Wildman–Crippen MR) is 182 cm³/mol. The molecule has 226 valence electrons. The highest BCUT2D eigenvalue weighted by atomic mass is 16.5. The fraction of sp³-hybridized carbons (Fsp3) is 0.175. The molecular formula is C40H39N3O2. The lowest BCUT2D eigenvalue weighted by Crippen LogP contribution is -2.56. The van der Waals surface area contributed by atoms with Crippen LogP contribution in [0.1, 0.15) is 34.7 Å². The maximum Gasteiger partial charge on any atom is 0.216 e. The van der Waals surface area contributed by atoms with E-state index in [1.54, 1.807) is 14.0 Å². The Hall–Kier alpha value is -5.13. The van der Waals surface area contributed by atoms with Gasteiger partial charge in [-0.3, -0.25) is 9.69 Å². The summed E-state index contributed by atoms with van der Waals surface area (Å²) in [5.41, 5.74) is 6.08. The number of fused-ring (bicyclic) bond motifs is 1. The van der Waals surface area contributed by atoms with E-state index in [4.69, 9.17) is 4.74 Å². The van der Waals surface area contributed by atoms with Gasteiger partial charge in [0, 0.05) is 48.7 Å². The molecule has 1 aromatic heterocycles. The zero-order valence-corrected chi connectivity index (χ0v) is 25.8. The van der Waals surface area contributed by atoms with Crippen LogP contribution in [0.25, 0.3) is 10.9 Å². The molecule has 5 nitrogen and oxygen atoms in total. The van der Waals surface area contributed by atoms with E-state index >= 15 is 0 Å². The zero-order valence-electron chi connectivity index (χ0n) is 25.8. The van der Waals surface area contributed by atoms with E-state index in [0.717, 1.165) is 33.5 Å². The minimum atomic E-state index is -0.722. The second-order valence-corrected chi connectivity index (χ2v) is 11.4. The fourth-order valence-electron chi connectivity index (χ4n) is 6.68. The van der Waals surface area contributed by atoms with Crippen molar-refractivity contribution in [2.75, 3.05) is 13.7 Å². The summed E-state index contributed by atoms with van der Waals surface area (Å²) < 4.78 is 5.92. The fourth-order valence-corrected chi connectivity index (χ4v) is 6.68. The molecule has 0 spiro atoms. The summed E-state index contributed by atoms with van der Waals surface area (Å²) in [7, 11) is 1.72. The molecule has 0 saturated carbocycles. The van der Waals surface area contributed by atoms with Gasteiger partial charge in [-0.05, 0) is 40.8 Å². The SMILES string of the molecule is COc1ccccc1CN([C@@H](CNC(C)=O)Cc1c[nH]c2ccccc12)C(c1ccccc1)(c1ccccc1)c1ccccc1. The quantitative estimate of drug-likeness (QED) is 0.143. The van der Waals surface area contributed by atoms with Crippen molar-refractivity contribution in [3.63, 3.8) is 0 Å². The molecule has 0 saturated heterocycles. The van der Waals surface area contributed by atoms with Crippen LogP contribution in [0.15, 0.2) is 146 Å². The van der Waals surface area contributed by atoms with Gasteiger partial charge in [-0.2, -0.15) is 0 Å². The smallest absolute Gasteiger partial charge is 0.216 e. The average molecular weight is 594 g/mol. The summed E-state index contributed by atoms with van der Waals surface area (Å²) in [5, 5.41) is 4.39. The second-order valence-electron chi connectivity index (χ2n) is 11.4. The van der Waals surface area contributed by atoms with Crippen molar-refractivity contribution in [3.8, 4) is 5.75 Å². The van der Waals surface area contributed by atoms with Crippen LogP contribution in [0, 0.1) is 0 Å². The van der Waals surface area contributed by atoms with E-state index in [2.05, 4.69) is 149 Å². The molecule has 2 N–H and O–H groups in total. The molecule has 0 radical (unpaired) electrons. The largest absolute Gasteiger partial charge is 0.496 e. The number of para-hydroxylation sites is 2. The van der Waals surface area contributed by atoms with Crippen LogP contribution < -0.4 is 10.1 Å². The van der Waals surface area contributed by atoms with Gasteiger partial charge >= 0.3 is 0 Å². The third-order valence-corrected chi connectivity index (χ3v) is 8.70. The van der Waals surface area contributed by atoms with Crippen molar-refractivity contribution in [1.82, 2.24) is 15.2 Å². The molecule has 0 fully saturated rings. The van der Waals surface area contributed by atoms with Gasteiger partial charge in [0.25, 0.3) is 0 Å². The molecule has 1 amide bonds. The molecule has 0 bridgehead atoms. The number of rotatable bonds is 12. The molecule has 0 aliphatic carbocycles. The second kappa shape index (κ2) is 13.7. The number of hydrogen-bond acceptors (Lipinski definition) is 3. The average Bonchev–Trinajstić information content (AvgIpc) is 3.51. The first-order valence-corrected chi connectivity index (χ1v) is 15.5. The van der Waals surface area contributed by atoms with Gasteiger partial charge < -0.3 is 15.0 Å². The normalized spacial score (nSPS) is 12.2. The summed E-state index contributed by atoms with van der Waals surface area (Å²) in [6.45, 7) is 2.61. The third kappa shape index (κ3) is 6.13. The maximum atomic E-state index is 12.5. The number of H-pyrrole nitrogens is 1. The number of ether oxygens (including phenoxy) is 1. The molecule has 5 aromatic carbocycles. The molecule has 6 rings (SSSR count). The maximum absolute atomic E-state index is 12.5. The molecule has 45 heavy (non-hydrogen) atoms. The van der Waals surface area contributed by atoms with Gasteiger partial charge in [-0.1, -0.05) is 127 Å². The summed E-state index contributed by atoms with van der Waals surface area (Å²) in [5.74, 6) is 0.775. The Kier molecular flexibility index (Phi) is 9.09. The van der Waals surface area contributed by atoms with Crippen LogP contribution in [0.3, 0.4) is 0 Å². The first-order valence-electron chi connectivity index (χ1n) is 15.5. The number of carbonyl (C=O) groups excluding carboxylic acids is 1. The standard InChI is InChI=1S/C40H39N3O2/c1-30(44)41-28-36(26-32-27-42-38-24-14-13-23-37(32)38)43(29-31-16-12-15-25-39(31)45-2)40(33-17-6-3-7-18-33,34-19-8-4-9-20-34)35-21-10-5-11-22-35/h3-25,27,36,42H,26,28-29H2,1-2H3,(H,41,44)/t36-/m1/s1. The van der Waals surface area contributed by atoms with Gasteiger partial charge in [0.1, 0.15) is 5.75 Å². The van der Waals surface area contributed by atoms with Gasteiger partial charge in [0.2, 0.25) is 5.91 Å². The molecule has 1 heterocycles. The lowest BCUT2D eigenvalue weighted by Gasteiger charge is -2.49. The zero-order chi connectivity index (χ0) is 31.1. The summed E-state index contributed by atoms with van der Waals surface area (Å²) >= 11 is 0. The highest BCUT2D eigenvalue weighted by Gasteiger charge is 2.45. The number of nitrogens with zero attached hydrogens (tertiary/aromatic N) is 1. The van der Waals surface area contributed by atoms with E-state index < -0.39 is 5.54 Å². The van der Waals surface area contributed by atoms with Crippen molar-refractivity contribution in [1.29, 1.82) is 0 Å². The van der Waals surface area contributed by atoms with E-state index in [0.29, 0.717) is 19.5 Å². The van der Waals surface area contributed by atoms with Crippen LogP contribution in [-0.2, 0) is 23.3 Å². The number of amides is 1. The van der Waals surface area contributed by atoms with Crippen LogP contribution in [0.5, 0.6) is 5.75 Å². The predicted octanol–water partition coefficient (Wildman–Crippen LogP) is 7.72. The van der Waals surface area contributed by atoms with E-state index in [-0.39, 0.29) is 11.9 Å². The number of aromatic amines is 1. The van der Waals surface area contributed by atoms with Crippen LogP contribution >= 0.6 is 0 Å². The Morgan fingerprint density at radius 2 is 1.27 bits per heavy atom. The number of aromatic nitrogens is 1. The third-order valence-electron chi connectivity index (χ3n) is 8.70. The van der Waals surface area contributed by atoms with Gasteiger partial charge in [0.05, 0.1) is 12.6 Å². The first kappa shape index (κ1) is 29.9. The summed E-state index contributed by atoms with van der Waals surface area (Å²) in [6.07, 6.45) is 2.82. The minimum Gasteiger partial charge on any atom is -0.496 e. The Balaban J connectivity index is 1.65. The van der Waals surface area contributed by atoms with Crippen molar-refractivity contribution in [3.05, 3.63) is 174 Å². The highest BCUT2D eigenvalue weighted by molar-refractivity contribution is 5.83. The lowest BCUT2D eigenvalue weighted by molar-refractivity contribution is -0.119. The van der Waals surface area contributed by atoms with Gasteiger partial charge in [-0.25, -0.2) is 0 Å². The van der Waals surface area contributed by atoms with E-state index in [9.17, 15) is 4.79 Å². The number of nitrogens with one attached hydrogen (secondary N) is 2. The highest BCUT2D eigenvalue weighted by Crippen LogP contribution is 2.45. The van der Waals surface area contributed by atoms with Crippen LogP contribution in [0.2, 0.25) is 0 Å². The van der Waals surface area contributed by atoms with Gasteiger partial charge in [-0.15, -0.1) is 0 Å². The van der Waals surface area contributed by atoms with Crippen molar-refractivity contribution >= 4 is 16.8 Å². The number of benzene rings is 5. The number of hydrogen-bond donors (Lipinski definition) is 2. The van der Waals surface area contributed by atoms with Crippen LogP contribution in [0.4, 0.5) is 0 Å². The van der Waals surface area contributed by atoms with E-state index in [1.165, 1.54) is 10.9 Å². The van der Waals surface area contributed by atoms with Gasteiger partial charge in [0.15, 0.2) is 0 Å². The summed E-state index contributed by atoms with van der Waals surface area (Å²) in [4.78, 5) is 18.6. The molecular weight excluding hydrogens is 554 g/mol. The molecule has 5 heteroatoms. The lowest BCUT2D eigenvalue weighted by atomic mass is 9.74. The minimum absolute atomic E-state index is 0.0547. The molecule has 6 aromatic rings. The summed E-state index contributed by atoms with van der Waals surface area (Å²) in [6, 6.07) is 48.7. The Labute approximate surface area is 265 Å². The molecule has 0 aliphatic heterocycles. The topological polar surface area (TPSA) is 57.4 Å². The molecule has 0 aliphatic rings. The first-order chi connectivity index (χ1) is 22.1. The van der Waals surface area contributed by atoms with Crippen molar-refractivity contribution < 1.29 is 9.53 Å². The number of methoxy groups -OCH3 is 1.